The van der Waals surface area contributed by atoms with E-state index in [2.05, 4.69) is 0 Å². The summed E-state index contributed by atoms with van der Waals surface area (Å²) in [6, 6.07) is 10.4. The van der Waals surface area contributed by atoms with Crippen LogP contribution in [0, 0.1) is 12.7 Å². The minimum Gasteiger partial charge on any atom is -0.399 e. The van der Waals surface area contributed by atoms with Crippen molar-refractivity contribution in [2.24, 2.45) is 0 Å². The summed E-state index contributed by atoms with van der Waals surface area (Å²) in [7, 11) is 0. The molecule has 0 aromatic heterocycles. The summed E-state index contributed by atoms with van der Waals surface area (Å²) in [5, 5.41) is 11.0. The van der Waals surface area contributed by atoms with E-state index in [0.717, 1.165) is 23.1 Å². The molecular weight excluding hydrogens is 241 g/mol. The van der Waals surface area contributed by atoms with Gasteiger partial charge in [-0.05, 0) is 66.3 Å². The van der Waals surface area contributed by atoms with Gasteiger partial charge in [-0.1, -0.05) is 12.1 Å². The van der Waals surface area contributed by atoms with Gasteiger partial charge in [0.05, 0.1) is 0 Å². The SMILES string of the molecule is Cc1cc(C2(O)CCc3cc(N)ccc32)ccc1F. The van der Waals surface area contributed by atoms with Gasteiger partial charge >= 0.3 is 0 Å². The van der Waals surface area contributed by atoms with E-state index < -0.39 is 5.60 Å². The zero-order valence-electron chi connectivity index (χ0n) is 10.8. The van der Waals surface area contributed by atoms with Crippen molar-refractivity contribution in [1.82, 2.24) is 0 Å². The highest BCUT2D eigenvalue weighted by molar-refractivity contribution is 5.52. The largest absolute Gasteiger partial charge is 0.399 e. The Balaban J connectivity index is 2.13. The van der Waals surface area contributed by atoms with Gasteiger partial charge in [-0.25, -0.2) is 4.39 Å². The molecular formula is C16H16FNO. The molecule has 1 aliphatic rings. The van der Waals surface area contributed by atoms with E-state index in [-0.39, 0.29) is 5.82 Å². The van der Waals surface area contributed by atoms with Crippen LogP contribution < -0.4 is 5.73 Å². The third-order valence-electron chi connectivity index (χ3n) is 3.97. The van der Waals surface area contributed by atoms with Crippen LogP contribution in [0.15, 0.2) is 36.4 Å². The second-order valence-corrected chi connectivity index (χ2v) is 5.24. The van der Waals surface area contributed by atoms with E-state index in [4.69, 9.17) is 5.73 Å². The molecule has 19 heavy (non-hydrogen) atoms. The van der Waals surface area contributed by atoms with E-state index >= 15 is 0 Å². The van der Waals surface area contributed by atoms with E-state index in [1.165, 1.54) is 6.07 Å². The Kier molecular flexibility index (Phi) is 2.61. The maximum Gasteiger partial charge on any atom is 0.126 e. The maximum absolute atomic E-state index is 13.4. The van der Waals surface area contributed by atoms with Crippen LogP contribution in [-0.2, 0) is 12.0 Å². The summed E-state index contributed by atoms with van der Waals surface area (Å²) in [5.74, 6) is -0.247. The number of aliphatic hydroxyl groups is 1. The molecule has 0 amide bonds. The molecule has 1 atom stereocenters. The van der Waals surface area contributed by atoms with Crippen molar-refractivity contribution in [1.29, 1.82) is 0 Å². The van der Waals surface area contributed by atoms with Gasteiger partial charge in [0, 0.05) is 5.69 Å². The van der Waals surface area contributed by atoms with Gasteiger partial charge in [0.2, 0.25) is 0 Å². The number of rotatable bonds is 1. The first-order chi connectivity index (χ1) is 9.00. The number of hydrogen-bond donors (Lipinski definition) is 2. The number of nitrogen functional groups attached to an aromatic ring is 1. The molecule has 98 valence electrons. The summed E-state index contributed by atoms with van der Waals surface area (Å²) < 4.78 is 13.4. The Bertz CT molecular complexity index is 653. The molecule has 0 fully saturated rings. The van der Waals surface area contributed by atoms with Crippen LogP contribution in [0.25, 0.3) is 0 Å². The smallest absolute Gasteiger partial charge is 0.126 e. The monoisotopic (exact) mass is 257 g/mol. The first kappa shape index (κ1) is 12.2. The number of hydrogen-bond acceptors (Lipinski definition) is 2. The van der Waals surface area contributed by atoms with Crippen molar-refractivity contribution in [3.8, 4) is 0 Å². The predicted octanol–water partition coefficient (Wildman–Crippen LogP) is 2.90. The highest BCUT2D eigenvalue weighted by Gasteiger charge is 2.38. The van der Waals surface area contributed by atoms with Gasteiger partial charge in [-0.3, -0.25) is 0 Å². The van der Waals surface area contributed by atoms with Crippen molar-refractivity contribution >= 4 is 5.69 Å². The lowest BCUT2D eigenvalue weighted by molar-refractivity contribution is 0.0828. The van der Waals surface area contributed by atoms with Gasteiger partial charge in [0.25, 0.3) is 0 Å². The third kappa shape index (κ3) is 1.81. The molecule has 0 spiro atoms. The predicted molar refractivity (Wildman–Crippen MR) is 73.3 cm³/mol. The van der Waals surface area contributed by atoms with E-state index in [0.29, 0.717) is 17.7 Å². The van der Waals surface area contributed by atoms with Gasteiger partial charge in [0.1, 0.15) is 11.4 Å². The second-order valence-electron chi connectivity index (χ2n) is 5.24. The molecule has 0 saturated carbocycles. The van der Waals surface area contributed by atoms with Gasteiger partial charge < -0.3 is 10.8 Å². The van der Waals surface area contributed by atoms with Crippen LogP contribution in [-0.4, -0.2) is 5.11 Å². The minimum atomic E-state index is -1.03. The van der Waals surface area contributed by atoms with Crippen LogP contribution in [0.1, 0.15) is 28.7 Å². The minimum absolute atomic E-state index is 0.247. The molecule has 3 N–H and O–H groups in total. The van der Waals surface area contributed by atoms with Crippen molar-refractivity contribution in [2.75, 3.05) is 5.73 Å². The highest BCUT2D eigenvalue weighted by Crippen LogP contribution is 2.42. The van der Waals surface area contributed by atoms with Crippen molar-refractivity contribution < 1.29 is 9.50 Å². The first-order valence-electron chi connectivity index (χ1n) is 6.38. The van der Waals surface area contributed by atoms with Crippen LogP contribution >= 0.6 is 0 Å². The molecule has 1 aliphatic carbocycles. The molecule has 1 unspecified atom stereocenters. The summed E-state index contributed by atoms with van der Waals surface area (Å²) in [5.41, 5.74) is 8.70. The number of aryl methyl sites for hydroxylation is 2. The lowest BCUT2D eigenvalue weighted by atomic mass is 9.87. The molecule has 3 heteroatoms. The Labute approximate surface area is 111 Å². The molecule has 3 rings (SSSR count). The van der Waals surface area contributed by atoms with Crippen molar-refractivity contribution in [2.45, 2.75) is 25.4 Å². The fourth-order valence-electron chi connectivity index (χ4n) is 2.88. The summed E-state index contributed by atoms with van der Waals surface area (Å²) >= 11 is 0. The van der Waals surface area contributed by atoms with Gasteiger partial charge in [-0.2, -0.15) is 0 Å². The Hall–Kier alpha value is -1.87. The van der Waals surface area contributed by atoms with E-state index in [1.54, 1.807) is 25.1 Å². The lowest BCUT2D eigenvalue weighted by Crippen LogP contribution is -2.24. The zero-order valence-corrected chi connectivity index (χ0v) is 10.8. The topological polar surface area (TPSA) is 46.2 Å². The number of fused-ring (bicyclic) bond motifs is 1. The van der Waals surface area contributed by atoms with E-state index in [9.17, 15) is 9.50 Å². The van der Waals surface area contributed by atoms with Gasteiger partial charge in [-0.15, -0.1) is 0 Å². The summed E-state index contributed by atoms with van der Waals surface area (Å²) in [4.78, 5) is 0. The average Bonchev–Trinajstić information content (AvgIpc) is 2.71. The molecule has 0 radical (unpaired) electrons. The Morgan fingerprint density at radius 3 is 2.74 bits per heavy atom. The van der Waals surface area contributed by atoms with Gasteiger partial charge in [0.15, 0.2) is 0 Å². The fourth-order valence-corrected chi connectivity index (χ4v) is 2.88. The quantitative estimate of drug-likeness (QED) is 0.772. The van der Waals surface area contributed by atoms with Crippen LogP contribution in [0.5, 0.6) is 0 Å². The number of nitrogens with two attached hydrogens (primary N) is 1. The first-order valence-corrected chi connectivity index (χ1v) is 6.38. The van der Waals surface area contributed by atoms with Crippen molar-refractivity contribution in [3.63, 3.8) is 0 Å². The molecule has 2 aromatic carbocycles. The normalized spacial score (nSPS) is 21.4. The molecule has 0 aliphatic heterocycles. The van der Waals surface area contributed by atoms with Crippen LogP contribution in [0.3, 0.4) is 0 Å². The standard InChI is InChI=1S/C16H16FNO/c1-10-8-12(2-5-15(10)17)16(19)7-6-11-9-13(18)3-4-14(11)16/h2-5,8-9,19H,6-7,18H2,1H3. The maximum atomic E-state index is 13.4. The number of halogens is 1. The summed E-state index contributed by atoms with van der Waals surface area (Å²) in [6.07, 6.45) is 1.39. The third-order valence-corrected chi connectivity index (χ3v) is 3.97. The van der Waals surface area contributed by atoms with Crippen LogP contribution in [0.2, 0.25) is 0 Å². The van der Waals surface area contributed by atoms with Crippen molar-refractivity contribution in [3.05, 3.63) is 64.5 Å². The molecule has 0 bridgehead atoms. The highest BCUT2D eigenvalue weighted by atomic mass is 19.1. The van der Waals surface area contributed by atoms with Crippen LogP contribution in [0.4, 0.5) is 10.1 Å². The molecule has 2 aromatic rings. The molecule has 0 heterocycles. The molecule has 2 nitrogen and oxygen atoms in total. The zero-order chi connectivity index (χ0) is 13.6. The average molecular weight is 257 g/mol. The number of anilines is 1. The Morgan fingerprint density at radius 2 is 2.00 bits per heavy atom. The number of benzene rings is 2. The molecule has 0 saturated heterocycles. The fraction of sp³-hybridized carbons (Fsp3) is 0.250. The summed E-state index contributed by atoms with van der Waals surface area (Å²) in [6.45, 7) is 1.71. The lowest BCUT2D eigenvalue weighted by Gasteiger charge is -2.25. The second kappa shape index (κ2) is 4.07. The Morgan fingerprint density at radius 1 is 1.21 bits per heavy atom. The van der Waals surface area contributed by atoms with E-state index in [1.807, 2.05) is 12.1 Å².